The first-order valence-corrected chi connectivity index (χ1v) is 24.2. The molecule has 76 heavy (non-hydrogen) atoms. The molecule has 0 N–H and O–H groups in total. The van der Waals surface area contributed by atoms with Gasteiger partial charge in [0.1, 0.15) is 63.8 Å². The molecule has 0 saturated carbocycles. The molecule has 0 atom stereocenters. The second-order valence-electron chi connectivity index (χ2n) is 18.8. The van der Waals surface area contributed by atoms with Gasteiger partial charge < -0.3 is 9.13 Å². The van der Waals surface area contributed by atoms with Gasteiger partial charge in [-0.25, -0.2) is 74.8 Å². The largest absolute Gasteiger partial charge is 0.420 e. The number of rotatable bonds is 7. The number of alkyl halides is 3. The van der Waals surface area contributed by atoms with E-state index in [1.807, 2.05) is 72.8 Å². The number of aryl methyl sites for hydroxylation is 10. The van der Waals surface area contributed by atoms with Gasteiger partial charge in [0.2, 0.25) is 0 Å². The number of hydrogen-bond donors (Lipinski definition) is 0. The Morgan fingerprint density at radius 1 is 0.276 bits per heavy atom. The van der Waals surface area contributed by atoms with E-state index in [1.54, 1.807) is 78.4 Å². The lowest BCUT2D eigenvalue weighted by molar-refractivity contribution is -0.137. The van der Waals surface area contributed by atoms with E-state index in [2.05, 4.69) is 64.8 Å². The van der Waals surface area contributed by atoms with E-state index in [0.717, 1.165) is 0 Å². The summed E-state index contributed by atoms with van der Waals surface area (Å²) in [6, 6.07) is 25.3. The summed E-state index contributed by atoms with van der Waals surface area (Å²) in [5, 5.41) is 2.67. The summed E-state index contributed by atoms with van der Waals surface area (Å²) in [5.74, 6) is 6.37. The van der Waals surface area contributed by atoms with Gasteiger partial charge in [-0.15, -0.1) is 0 Å². The van der Waals surface area contributed by atoms with E-state index >= 15 is 13.2 Å². The third-order valence-electron chi connectivity index (χ3n) is 13.0. The van der Waals surface area contributed by atoms with E-state index in [9.17, 15) is 0 Å². The van der Waals surface area contributed by atoms with Crippen LogP contribution in [-0.4, -0.2) is 83.9 Å². The third-order valence-corrected chi connectivity index (χ3v) is 13.0. The quantitative estimate of drug-likeness (QED) is 0.146. The van der Waals surface area contributed by atoms with Crippen molar-refractivity contribution in [3.05, 3.63) is 149 Å². The summed E-state index contributed by atoms with van der Waals surface area (Å²) in [4.78, 5) is 68.8. The van der Waals surface area contributed by atoms with Crippen LogP contribution in [0.25, 0.3) is 112 Å². The van der Waals surface area contributed by atoms with Crippen molar-refractivity contribution in [2.75, 3.05) is 0 Å². The highest BCUT2D eigenvalue weighted by Crippen LogP contribution is 2.47. The van der Waals surface area contributed by atoms with Crippen molar-refractivity contribution in [2.45, 2.75) is 75.4 Å². The van der Waals surface area contributed by atoms with Crippen molar-refractivity contribution in [1.29, 1.82) is 0 Å². The zero-order valence-electron chi connectivity index (χ0n) is 42.8. The SMILES string of the molecule is Cc1nc(C)nc(-c2cc(-n3c4cc(-c5nc(C)nc(C)n5)ccc4c4ccc(-c5nc(C)nc(C)n5)cc43)c(C(F)(F)F)c(-n3c4cc(-c5nc(C)nc(C)n5)ccc4c4ccc(-c5nc(C)nc(C)n5)cc43)c2)n1. The Balaban J connectivity index is 1.27. The highest BCUT2D eigenvalue weighted by Gasteiger charge is 2.40. The molecule has 12 aromatic rings. The van der Waals surface area contributed by atoms with Crippen LogP contribution in [-0.2, 0) is 6.18 Å². The molecule has 0 radical (unpaired) electrons. The minimum Gasteiger partial charge on any atom is -0.308 e. The standard InChI is InChI=1S/C56H44F3N17/c1-25-60-26(2)66-51(65-25)35-11-15-40-41-16-12-36(52-67-27(3)61-28(4)68-52)20-45(41)75(44(40)19-35)48-23-39(55-73-33(9)64-34(10)74-55)24-49(50(48)56(57,58)59)76-46-21-37(53-69-29(5)62-30(6)70-53)13-17-42(46)43-18-14-38(22-47(43)76)54-71-31(7)63-32(8)72-54/h11-24H,1-10H3. The summed E-state index contributed by atoms with van der Waals surface area (Å²) in [6.45, 7) is 17.6. The van der Waals surface area contributed by atoms with Gasteiger partial charge in [0, 0.05) is 49.4 Å². The van der Waals surface area contributed by atoms with Gasteiger partial charge in [0.15, 0.2) is 29.1 Å². The Morgan fingerprint density at radius 2 is 0.487 bits per heavy atom. The third kappa shape index (κ3) is 8.36. The molecule has 0 aliphatic heterocycles. The zero-order chi connectivity index (χ0) is 53.1. The predicted octanol–water partition coefficient (Wildman–Crippen LogP) is 11.2. The van der Waals surface area contributed by atoms with E-state index in [-0.39, 0.29) is 22.8 Å². The lowest BCUT2D eigenvalue weighted by Gasteiger charge is -2.23. The Labute approximate surface area is 431 Å². The summed E-state index contributed by atoms with van der Waals surface area (Å²) >= 11 is 0. The van der Waals surface area contributed by atoms with Crippen LogP contribution in [0.1, 0.15) is 63.8 Å². The molecule has 374 valence electrons. The molecular formula is C56H44F3N17. The van der Waals surface area contributed by atoms with Crippen LogP contribution in [0.3, 0.4) is 0 Å². The van der Waals surface area contributed by atoms with Gasteiger partial charge in [0.05, 0.1) is 33.4 Å². The molecule has 5 aromatic carbocycles. The lowest BCUT2D eigenvalue weighted by atomic mass is 10.0. The van der Waals surface area contributed by atoms with Crippen molar-refractivity contribution in [3.8, 4) is 68.3 Å². The predicted molar refractivity (Wildman–Crippen MR) is 282 cm³/mol. The molecule has 0 amide bonds. The fraction of sp³-hybridized carbons (Fsp3) is 0.196. The fourth-order valence-corrected chi connectivity index (χ4v) is 10.2. The average Bonchev–Trinajstić information content (AvgIpc) is 3.91. The first-order chi connectivity index (χ1) is 36.3. The second-order valence-corrected chi connectivity index (χ2v) is 18.8. The van der Waals surface area contributed by atoms with E-state index in [0.29, 0.717) is 147 Å². The van der Waals surface area contributed by atoms with E-state index < -0.39 is 11.7 Å². The molecule has 0 aliphatic rings. The van der Waals surface area contributed by atoms with Crippen LogP contribution in [0, 0.1) is 69.2 Å². The maximum absolute atomic E-state index is 17.3. The van der Waals surface area contributed by atoms with Gasteiger partial charge in [-0.2, -0.15) is 13.2 Å². The summed E-state index contributed by atoms with van der Waals surface area (Å²) in [7, 11) is 0. The maximum Gasteiger partial charge on any atom is 0.420 e. The van der Waals surface area contributed by atoms with Gasteiger partial charge in [-0.05, 0) is 106 Å². The summed E-state index contributed by atoms with van der Waals surface area (Å²) in [5.41, 5.74) is 2.92. The minimum atomic E-state index is -5.03. The van der Waals surface area contributed by atoms with Crippen LogP contribution in [0.2, 0.25) is 0 Å². The van der Waals surface area contributed by atoms with Crippen LogP contribution >= 0.6 is 0 Å². The topological polar surface area (TPSA) is 203 Å². The number of nitrogens with zero attached hydrogens (tertiary/aromatic N) is 17. The van der Waals surface area contributed by atoms with Crippen LogP contribution in [0.5, 0.6) is 0 Å². The van der Waals surface area contributed by atoms with Gasteiger partial charge in [-0.1, -0.05) is 48.5 Å². The number of fused-ring (bicyclic) bond motifs is 6. The molecule has 12 rings (SSSR count). The first kappa shape index (κ1) is 47.5. The molecular weight excluding hydrogens is 968 g/mol. The minimum absolute atomic E-state index is 0.171. The maximum atomic E-state index is 17.3. The Morgan fingerprint density at radius 3 is 0.697 bits per heavy atom. The highest BCUT2D eigenvalue weighted by molar-refractivity contribution is 6.13. The zero-order valence-corrected chi connectivity index (χ0v) is 42.8. The Kier molecular flexibility index (Phi) is 11.0. The fourth-order valence-electron chi connectivity index (χ4n) is 10.2. The van der Waals surface area contributed by atoms with Crippen molar-refractivity contribution in [1.82, 2.24) is 83.9 Å². The van der Waals surface area contributed by atoms with Gasteiger partial charge >= 0.3 is 6.18 Å². The average molecular weight is 1010 g/mol. The molecule has 0 saturated heterocycles. The monoisotopic (exact) mass is 1010 g/mol. The molecule has 0 bridgehead atoms. The van der Waals surface area contributed by atoms with Crippen LogP contribution < -0.4 is 0 Å². The number of hydrogen-bond acceptors (Lipinski definition) is 15. The van der Waals surface area contributed by atoms with Crippen LogP contribution in [0.15, 0.2) is 84.9 Å². The van der Waals surface area contributed by atoms with E-state index in [4.69, 9.17) is 9.97 Å². The molecule has 0 fully saturated rings. The van der Waals surface area contributed by atoms with Crippen molar-refractivity contribution < 1.29 is 13.2 Å². The smallest absolute Gasteiger partial charge is 0.308 e. The molecule has 0 spiro atoms. The Bertz CT molecular complexity index is 3860. The molecule has 0 unspecified atom stereocenters. The molecule has 17 nitrogen and oxygen atoms in total. The number of benzene rings is 5. The van der Waals surface area contributed by atoms with Crippen LogP contribution in [0.4, 0.5) is 13.2 Å². The van der Waals surface area contributed by atoms with Crippen molar-refractivity contribution in [2.24, 2.45) is 0 Å². The molecule has 20 heteroatoms. The molecule has 7 aromatic heterocycles. The second kappa shape index (κ2) is 17.6. The highest BCUT2D eigenvalue weighted by atomic mass is 19.4. The lowest BCUT2D eigenvalue weighted by Crippen LogP contribution is -2.16. The molecule has 0 aliphatic carbocycles. The number of aromatic nitrogens is 17. The summed E-state index contributed by atoms with van der Waals surface area (Å²) < 4.78 is 55.2. The number of halogens is 3. The first-order valence-electron chi connectivity index (χ1n) is 24.2. The normalized spacial score (nSPS) is 12.0. The summed E-state index contributed by atoms with van der Waals surface area (Å²) in [6.07, 6.45) is -5.03. The van der Waals surface area contributed by atoms with E-state index in [1.165, 1.54) is 12.1 Å². The van der Waals surface area contributed by atoms with Crippen molar-refractivity contribution in [3.63, 3.8) is 0 Å². The van der Waals surface area contributed by atoms with Gasteiger partial charge in [-0.3, -0.25) is 0 Å². The van der Waals surface area contributed by atoms with Crippen molar-refractivity contribution >= 4 is 43.6 Å². The van der Waals surface area contributed by atoms with Gasteiger partial charge in [0.25, 0.3) is 0 Å². The molecule has 7 heterocycles. The Hall–Kier alpha value is -9.46.